The highest BCUT2D eigenvalue weighted by Gasteiger charge is 2.21. The third-order valence-electron chi connectivity index (χ3n) is 4.02. The van der Waals surface area contributed by atoms with Crippen LogP contribution < -0.4 is 9.62 Å². The van der Waals surface area contributed by atoms with Gasteiger partial charge in [-0.3, -0.25) is 4.79 Å². The van der Waals surface area contributed by atoms with Gasteiger partial charge >= 0.3 is 0 Å². The summed E-state index contributed by atoms with van der Waals surface area (Å²) in [7, 11) is -3.38. The number of nitrogens with zero attached hydrogens (tertiary/aromatic N) is 1. The maximum absolute atomic E-state index is 12.1. The molecule has 2 aromatic carbocycles. The molecule has 126 valence electrons. The third kappa shape index (κ3) is 4.21. The Morgan fingerprint density at radius 1 is 0.958 bits per heavy atom. The van der Waals surface area contributed by atoms with Crippen LogP contribution >= 0.6 is 0 Å². The molecule has 1 heterocycles. The molecule has 0 radical (unpaired) electrons. The van der Waals surface area contributed by atoms with Crippen molar-refractivity contribution in [3.05, 3.63) is 65.7 Å². The number of carbonyl (C=O) groups excluding carboxylic acids is 1. The maximum atomic E-state index is 12.1. The number of nitrogens with one attached hydrogen (secondary N) is 1. The Balaban J connectivity index is 1.59. The van der Waals surface area contributed by atoms with Crippen LogP contribution in [0.3, 0.4) is 0 Å². The minimum atomic E-state index is -3.38. The summed E-state index contributed by atoms with van der Waals surface area (Å²) < 4.78 is 26.9. The lowest BCUT2D eigenvalue weighted by Gasteiger charge is -2.16. The van der Waals surface area contributed by atoms with E-state index in [-0.39, 0.29) is 18.2 Å². The van der Waals surface area contributed by atoms with Gasteiger partial charge in [0.2, 0.25) is 15.9 Å². The second kappa shape index (κ2) is 7.15. The lowest BCUT2D eigenvalue weighted by molar-refractivity contribution is -0.117. The molecule has 0 saturated carbocycles. The molecule has 0 bridgehead atoms. The minimum absolute atomic E-state index is 0.0335. The van der Waals surface area contributed by atoms with E-state index in [1.54, 1.807) is 17.0 Å². The van der Waals surface area contributed by atoms with Gasteiger partial charge in [0.15, 0.2) is 0 Å². The number of hydrogen-bond acceptors (Lipinski definition) is 3. The van der Waals surface area contributed by atoms with Crippen molar-refractivity contribution in [2.75, 3.05) is 11.4 Å². The molecule has 1 saturated heterocycles. The van der Waals surface area contributed by atoms with E-state index in [9.17, 15) is 13.2 Å². The summed E-state index contributed by atoms with van der Waals surface area (Å²) in [6.07, 6.45) is 1.49. The van der Waals surface area contributed by atoms with Crippen LogP contribution in [0.5, 0.6) is 0 Å². The first kappa shape index (κ1) is 16.7. The summed E-state index contributed by atoms with van der Waals surface area (Å²) in [5, 5.41) is 0. The molecule has 2 aromatic rings. The second-order valence-electron chi connectivity index (χ2n) is 5.88. The predicted octanol–water partition coefficient (Wildman–Crippen LogP) is 2.43. The van der Waals surface area contributed by atoms with E-state index in [0.29, 0.717) is 6.42 Å². The summed E-state index contributed by atoms with van der Waals surface area (Å²) in [4.78, 5) is 13.5. The number of hydrogen-bond donors (Lipinski definition) is 1. The van der Waals surface area contributed by atoms with E-state index in [1.165, 1.54) is 0 Å². The van der Waals surface area contributed by atoms with Gasteiger partial charge in [-0.2, -0.15) is 0 Å². The first-order valence-corrected chi connectivity index (χ1v) is 9.59. The molecule has 0 aromatic heterocycles. The van der Waals surface area contributed by atoms with Gasteiger partial charge in [-0.05, 0) is 29.7 Å². The van der Waals surface area contributed by atoms with Crippen molar-refractivity contribution >= 4 is 21.6 Å². The van der Waals surface area contributed by atoms with Gasteiger partial charge in [-0.25, -0.2) is 13.1 Å². The van der Waals surface area contributed by atoms with Crippen LogP contribution in [0, 0.1) is 0 Å². The molecule has 0 unspecified atom stereocenters. The fraction of sp³-hybridized carbons (Fsp3) is 0.278. The smallest absolute Gasteiger partial charge is 0.227 e. The minimum Gasteiger partial charge on any atom is -0.312 e. The maximum Gasteiger partial charge on any atom is 0.227 e. The van der Waals surface area contributed by atoms with E-state index in [4.69, 9.17) is 0 Å². The van der Waals surface area contributed by atoms with Crippen LogP contribution in [-0.2, 0) is 27.1 Å². The van der Waals surface area contributed by atoms with E-state index >= 15 is 0 Å². The number of sulfonamides is 1. The van der Waals surface area contributed by atoms with Gasteiger partial charge in [-0.1, -0.05) is 42.5 Å². The SMILES string of the molecule is O=C1CCCN1c1ccc(CNS(=O)(=O)Cc2ccccc2)cc1. The monoisotopic (exact) mass is 344 g/mol. The molecule has 5 nitrogen and oxygen atoms in total. The average molecular weight is 344 g/mol. The molecule has 0 aliphatic carbocycles. The van der Waals surface area contributed by atoms with Gasteiger partial charge in [0.25, 0.3) is 0 Å². The lowest BCUT2D eigenvalue weighted by Crippen LogP contribution is -2.25. The zero-order valence-electron chi connectivity index (χ0n) is 13.3. The lowest BCUT2D eigenvalue weighted by atomic mass is 10.2. The van der Waals surface area contributed by atoms with Crippen molar-refractivity contribution in [3.8, 4) is 0 Å². The Bertz CT molecular complexity index is 802. The standard InChI is InChI=1S/C18H20N2O3S/c21-18-7-4-12-20(18)17-10-8-15(9-11-17)13-19-24(22,23)14-16-5-2-1-3-6-16/h1-3,5-6,8-11,19H,4,7,12-14H2. The summed E-state index contributed by atoms with van der Waals surface area (Å²) >= 11 is 0. The molecule has 24 heavy (non-hydrogen) atoms. The Morgan fingerprint density at radius 2 is 1.67 bits per heavy atom. The van der Waals surface area contributed by atoms with Crippen molar-refractivity contribution in [1.29, 1.82) is 0 Å². The molecule has 1 fully saturated rings. The van der Waals surface area contributed by atoms with E-state index in [0.717, 1.165) is 29.8 Å². The summed E-state index contributed by atoms with van der Waals surface area (Å²) in [5.74, 6) is 0.111. The predicted molar refractivity (Wildman–Crippen MR) is 93.9 cm³/mol. The Morgan fingerprint density at radius 3 is 2.29 bits per heavy atom. The summed E-state index contributed by atoms with van der Waals surface area (Å²) in [6.45, 7) is 0.991. The number of benzene rings is 2. The normalized spacial score (nSPS) is 15.0. The zero-order valence-corrected chi connectivity index (χ0v) is 14.1. The van der Waals surface area contributed by atoms with Crippen molar-refractivity contribution in [2.24, 2.45) is 0 Å². The van der Waals surface area contributed by atoms with E-state index in [1.807, 2.05) is 42.5 Å². The van der Waals surface area contributed by atoms with Crippen molar-refractivity contribution in [1.82, 2.24) is 4.72 Å². The largest absolute Gasteiger partial charge is 0.312 e. The quantitative estimate of drug-likeness (QED) is 0.875. The summed E-state index contributed by atoms with van der Waals surface area (Å²) in [5.41, 5.74) is 2.49. The Kier molecular flexibility index (Phi) is 4.97. The fourth-order valence-corrected chi connectivity index (χ4v) is 3.87. The van der Waals surface area contributed by atoms with E-state index in [2.05, 4.69) is 4.72 Å². The molecule has 6 heteroatoms. The van der Waals surface area contributed by atoms with Crippen molar-refractivity contribution in [3.63, 3.8) is 0 Å². The van der Waals surface area contributed by atoms with Crippen LogP contribution in [-0.4, -0.2) is 20.9 Å². The van der Waals surface area contributed by atoms with E-state index < -0.39 is 10.0 Å². The van der Waals surface area contributed by atoms with Gasteiger partial charge in [0, 0.05) is 25.2 Å². The van der Waals surface area contributed by atoms with Crippen LogP contribution in [0.15, 0.2) is 54.6 Å². The number of anilines is 1. The molecule has 3 rings (SSSR count). The highest BCUT2D eigenvalue weighted by atomic mass is 32.2. The van der Waals surface area contributed by atoms with Gasteiger partial charge in [-0.15, -0.1) is 0 Å². The average Bonchev–Trinajstić information content (AvgIpc) is 3.00. The highest BCUT2D eigenvalue weighted by Crippen LogP contribution is 2.21. The molecule has 1 aliphatic heterocycles. The van der Waals surface area contributed by atoms with Gasteiger partial charge in [0.1, 0.15) is 0 Å². The number of amides is 1. The molecular weight excluding hydrogens is 324 g/mol. The van der Waals surface area contributed by atoms with Crippen molar-refractivity contribution < 1.29 is 13.2 Å². The molecule has 1 N–H and O–H groups in total. The second-order valence-corrected chi connectivity index (χ2v) is 7.69. The number of carbonyl (C=O) groups is 1. The number of rotatable bonds is 6. The van der Waals surface area contributed by atoms with Crippen LogP contribution in [0.25, 0.3) is 0 Å². The van der Waals surface area contributed by atoms with Crippen LogP contribution in [0.1, 0.15) is 24.0 Å². The third-order valence-corrected chi connectivity index (χ3v) is 5.31. The van der Waals surface area contributed by atoms with Crippen LogP contribution in [0.4, 0.5) is 5.69 Å². The topological polar surface area (TPSA) is 66.5 Å². The van der Waals surface area contributed by atoms with Gasteiger partial charge < -0.3 is 4.90 Å². The van der Waals surface area contributed by atoms with Crippen LogP contribution in [0.2, 0.25) is 0 Å². The first-order valence-electron chi connectivity index (χ1n) is 7.94. The summed E-state index contributed by atoms with van der Waals surface area (Å²) in [6, 6.07) is 16.5. The Hall–Kier alpha value is -2.18. The molecule has 1 amide bonds. The van der Waals surface area contributed by atoms with Gasteiger partial charge in [0.05, 0.1) is 5.75 Å². The van der Waals surface area contributed by atoms with Crippen molar-refractivity contribution in [2.45, 2.75) is 25.1 Å². The highest BCUT2D eigenvalue weighted by molar-refractivity contribution is 7.88. The Labute approximate surface area is 142 Å². The first-order chi connectivity index (χ1) is 11.5. The molecule has 1 aliphatic rings. The zero-order chi connectivity index (χ0) is 17.0. The fourth-order valence-electron chi connectivity index (χ4n) is 2.75. The molecular formula is C18H20N2O3S. The molecule has 0 atom stereocenters. The molecule has 0 spiro atoms.